The molecule has 0 fully saturated rings. The molecule has 0 atom stereocenters. The molecule has 1 heterocycles. The van der Waals surface area contributed by atoms with Crippen LogP contribution >= 0.6 is 12.2 Å². The molecule has 0 aliphatic rings. The minimum Gasteiger partial charge on any atom is -0.449 e. The van der Waals surface area contributed by atoms with Crippen molar-refractivity contribution in [3.63, 3.8) is 0 Å². The monoisotopic (exact) mass is 350 g/mol. The summed E-state index contributed by atoms with van der Waals surface area (Å²) in [6, 6.07) is 0.773. The number of ether oxygens (including phenoxy) is 1. The number of pyridine rings is 1. The van der Waals surface area contributed by atoms with E-state index in [2.05, 4.69) is 22.5 Å². The average Bonchev–Trinajstić information content (AvgIpc) is 2.45. The van der Waals surface area contributed by atoms with Crippen molar-refractivity contribution in [2.24, 2.45) is 5.73 Å². The summed E-state index contributed by atoms with van der Waals surface area (Å²) in [5, 5.41) is 2.25. The zero-order valence-electron chi connectivity index (χ0n) is 12.6. The molecule has 0 aliphatic heterocycles. The van der Waals surface area contributed by atoms with Gasteiger partial charge in [0.1, 0.15) is 0 Å². The molecule has 0 unspecified atom stereocenters. The molecule has 3 N–H and O–H groups in total. The zero-order valence-corrected chi connectivity index (χ0v) is 13.4. The van der Waals surface area contributed by atoms with Crippen LogP contribution in [0.15, 0.2) is 12.3 Å². The average molecular weight is 350 g/mol. The Labute approximate surface area is 136 Å². The summed E-state index contributed by atoms with van der Waals surface area (Å²) in [5.41, 5.74) is 4.17. The highest BCUT2D eigenvalue weighted by Crippen LogP contribution is 2.34. The van der Waals surface area contributed by atoms with Crippen molar-refractivity contribution in [3.05, 3.63) is 17.8 Å². The molecular formula is C13H17F3N4O2S. The Hall–Kier alpha value is -2.10. The molecule has 0 spiro atoms. The van der Waals surface area contributed by atoms with E-state index in [1.807, 2.05) is 6.92 Å². The SMILES string of the molecule is CCCCOC(=O)N(C)c1cc(C(F)(F)F)cnc1NC(N)=S. The van der Waals surface area contributed by atoms with Gasteiger partial charge >= 0.3 is 12.3 Å². The van der Waals surface area contributed by atoms with E-state index < -0.39 is 17.8 Å². The highest BCUT2D eigenvalue weighted by molar-refractivity contribution is 7.80. The van der Waals surface area contributed by atoms with Crippen LogP contribution in [0.5, 0.6) is 0 Å². The van der Waals surface area contributed by atoms with Crippen LogP contribution in [0.3, 0.4) is 0 Å². The van der Waals surface area contributed by atoms with Crippen molar-refractivity contribution in [2.75, 3.05) is 23.9 Å². The molecule has 128 valence electrons. The summed E-state index contributed by atoms with van der Waals surface area (Å²) in [5.74, 6) is -0.0690. The van der Waals surface area contributed by atoms with Crippen molar-refractivity contribution in [1.82, 2.24) is 4.98 Å². The minimum absolute atomic E-state index is 0.0690. The smallest absolute Gasteiger partial charge is 0.417 e. The maximum atomic E-state index is 12.8. The third-order valence-corrected chi connectivity index (χ3v) is 2.90. The molecule has 0 aliphatic carbocycles. The maximum Gasteiger partial charge on any atom is 0.417 e. The number of anilines is 2. The highest BCUT2D eigenvalue weighted by Gasteiger charge is 2.33. The van der Waals surface area contributed by atoms with E-state index in [-0.39, 0.29) is 23.2 Å². The number of nitrogens with zero attached hydrogens (tertiary/aromatic N) is 2. The van der Waals surface area contributed by atoms with Gasteiger partial charge < -0.3 is 15.8 Å². The van der Waals surface area contributed by atoms with Gasteiger partial charge in [-0.05, 0) is 24.7 Å². The summed E-state index contributed by atoms with van der Waals surface area (Å²) in [6.45, 7) is 2.09. The summed E-state index contributed by atoms with van der Waals surface area (Å²) >= 11 is 4.65. The minimum atomic E-state index is -4.60. The van der Waals surface area contributed by atoms with E-state index in [0.717, 1.165) is 17.4 Å². The number of nitrogens with one attached hydrogen (secondary N) is 1. The number of unbranched alkanes of at least 4 members (excludes halogenated alkanes) is 1. The fourth-order valence-electron chi connectivity index (χ4n) is 1.58. The molecule has 0 saturated heterocycles. The van der Waals surface area contributed by atoms with Crippen molar-refractivity contribution in [2.45, 2.75) is 25.9 Å². The number of thiocarbonyl (C=S) groups is 1. The first-order valence-electron chi connectivity index (χ1n) is 6.71. The molecule has 1 rings (SSSR count). The number of carbonyl (C=O) groups excluding carboxylic acids is 1. The Morgan fingerprint density at radius 1 is 1.52 bits per heavy atom. The van der Waals surface area contributed by atoms with E-state index in [0.29, 0.717) is 12.6 Å². The van der Waals surface area contributed by atoms with Crippen molar-refractivity contribution in [1.29, 1.82) is 0 Å². The Balaban J connectivity index is 3.12. The van der Waals surface area contributed by atoms with E-state index in [9.17, 15) is 18.0 Å². The van der Waals surface area contributed by atoms with Crippen LogP contribution in [0.1, 0.15) is 25.3 Å². The van der Waals surface area contributed by atoms with E-state index >= 15 is 0 Å². The summed E-state index contributed by atoms with van der Waals surface area (Å²) in [6.07, 6.45) is -3.31. The van der Waals surface area contributed by atoms with Crippen LogP contribution in [-0.4, -0.2) is 29.8 Å². The van der Waals surface area contributed by atoms with Crippen molar-refractivity contribution in [3.8, 4) is 0 Å². The number of carbonyl (C=O) groups is 1. The van der Waals surface area contributed by atoms with Crippen molar-refractivity contribution < 1.29 is 22.7 Å². The molecule has 1 aromatic heterocycles. The van der Waals surface area contributed by atoms with Gasteiger partial charge in [0.05, 0.1) is 17.9 Å². The number of aromatic nitrogens is 1. The normalized spacial score (nSPS) is 11.0. The number of halogens is 3. The second kappa shape index (κ2) is 7.95. The lowest BCUT2D eigenvalue weighted by Crippen LogP contribution is -2.30. The van der Waals surface area contributed by atoms with Crippen LogP contribution in [-0.2, 0) is 10.9 Å². The van der Waals surface area contributed by atoms with Gasteiger partial charge in [0.15, 0.2) is 10.9 Å². The van der Waals surface area contributed by atoms with Crippen molar-refractivity contribution >= 4 is 34.9 Å². The second-order valence-electron chi connectivity index (χ2n) is 4.61. The third kappa shape index (κ3) is 5.55. The lowest BCUT2D eigenvalue weighted by Gasteiger charge is -2.21. The Morgan fingerprint density at radius 2 is 2.17 bits per heavy atom. The molecular weight excluding hydrogens is 333 g/mol. The first-order chi connectivity index (χ1) is 10.7. The largest absolute Gasteiger partial charge is 0.449 e. The Kier molecular flexibility index (Phi) is 6.55. The van der Waals surface area contributed by atoms with Crippen LogP contribution in [0.25, 0.3) is 0 Å². The maximum absolute atomic E-state index is 12.8. The van der Waals surface area contributed by atoms with Gasteiger partial charge in [-0.1, -0.05) is 13.3 Å². The zero-order chi connectivity index (χ0) is 17.6. The van der Waals surface area contributed by atoms with E-state index in [1.165, 1.54) is 7.05 Å². The van der Waals surface area contributed by atoms with Crippen LogP contribution in [0, 0.1) is 0 Å². The van der Waals surface area contributed by atoms with Gasteiger partial charge in [0.2, 0.25) is 0 Å². The fourth-order valence-corrected chi connectivity index (χ4v) is 1.67. The predicted octanol–water partition coefficient (Wildman–Crippen LogP) is 3.13. The molecule has 6 nitrogen and oxygen atoms in total. The Morgan fingerprint density at radius 3 is 2.70 bits per heavy atom. The molecule has 10 heteroatoms. The number of nitrogens with two attached hydrogens (primary N) is 1. The molecule has 0 bridgehead atoms. The highest BCUT2D eigenvalue weighted by atomic mass is 32.1. The van der Waals surface area contributed by atoms with Gasteiger partial charge in [0, 0.05) is 13.2 Å². The number of hydrogen-bond donors (Lipinski definition) is 2. The molecule has 0 radical (unpaired) electrons. The van der Waals surface area contributed by atoms with E-state index in [4.69, 9.17) is 10.5 Å². The number of amides is 1. The third-order valence-electron chi connectivity index (χ3n) is 2.80. The molecule has 0 aromatic carbocycles. The topological polar surface area (TPSA) is 80.5 Å². The van der Waals surface area contributed by atoms with Crippen LogP contribution in [0.4, 0.5) is 29.5 Å². The number of hydrogen-bond acceptors (Lipinski definition) is 4. The van der Waals surface area contributed by atoms with E-state index in [1.54, 1.807) is 0 Å². The molecule has 1 amide bonds. The lowest BCUT2D eigenvalue weighted by atomic mass is 10.2. The van der Waals surface area contributed by atoms with Gasteiger partial charge in [-0.15, -0.1) is 0 Å². The second-order valence-corrected chi connectivity index (χ2v) is 5.05. The lowest BCUT2D eigenvalue weighted by molar-refractivity contribution is -0.137. The first kappa shape index (κ1) is 18.9. The Bertz CT molecular complexity index is 581. The standard InChI is InChI=1S/C13H17F3N4O2S/c1-3-4-5-22-12(21)20(2)9-6-8(13(14,15)16)7-18-10(9)19-11(17)23/h6-7H,3-5H2,1-2H3,(H3,17,18,19,23). The predicted molar refractivity (Wildman–Crippen MR) is 84.3 cm³/mol. The van der Waals surface area contributed by atoms with Crippen LogP contribution in [0.2, 0.25) is 0 Å². The summed E-state index contributed by atoms with van der Waals surface area (Å²) < 4.78 is 43.5. The number of alkyl halides is 3. The quantitative estimate of drug-likeness (QED) is 0.627. The number of rotatable bonds is 5. The van der Waals surface area contributed by atoms with Gasteiger partial charge in [-0.2, -0.15) is 13.2 Å². The summed E-state index contributed by atoms with van der Waals surface area (Å²) in [4.78, 5) is 16.5. The fraction of sp³-hybridized carbons (Fsp3) is 0.462. The molecule has 23 heavy (non-hydrogen) atoms. The molecule has 1 aromatic rings. The van der Waals surface area contributed by atoms with Gasteiger partial charge in [0.25, 0.3) is 0 Å². The molecule has 0 saturated carbocycles. The van der Waals surface area contributed by atoms with Crippen LogP contribution < -0.4 is 16.0 Å². The summed E-state index contributed by atoms with van der Waals surface area (Å²) in [7, 11) is 1.27. The van der Waals surface area contributed by atoms with Gasteiger partial charge in [-0.3, -0.25) is 4.90 Å². The first-order valence-corrected chi connectivity index (χ1v) is 7.11. The van der Waals surface area contributed by atoms with Gasteiger partial charge in [-0.25, -0.2) is 9.78 Å².